The molecule has 2 rings (SSSR count). The number of carbonyl (C=O) groups excluding carboxylic acids is 1. The van der Waals surface area contributed by atoms with E-state index in [1.54, 1.807) is 6.07 Å². The molecule has 0 spiro atoms. The van der Waals surface area contributed by atoms with Gasteiger partial charge in [-0.3, -0.25) is 4.79 Å². The molecule has 1 aromatic carbocycles. The third kappa shape index (κ3) is 5.10. The minimum Gasteiger partial charge on any atom is -0.405 e. The Hall–Kier alpha value is -1.80. The van der Waals surface area contributed by atoms with Gasteiger partial charge < -0.3 is 20.1 Å². The number of alkyl halides is 3. The van der Waals surface area contributed by atoms with Crippen molar-refractivity contribution in [3.05, 3.63) is 29.8 Å². The van der Waals surface area contributed by atoms with Crippen molar-refractivity contribution in [2.45, 2.75) is 31.8 Å². The number of nitrogens with two attached hydrogens (primary N) is 1. The van der Waals surface area contributed by atoms with Crippen molar-refractivity contribution in [1.82, 2.24) is 4.90 Å². The van der Waals surface area contributed by atoms with E-state index in [-0.39, 0.29) is 29.7 Å². The summed E-state index contributed by atoms with van der Waals surface area (Å²) in [5, 5.41) is 0. The Morgan fingerprint density at radius 3 is 2.62 bits per heavy atom. The summed E-state index contributed by atoms with van der Waals surface area (Å²) in [4.78, 5) is 13.8. The molecule has 1 fully saturated rings. The van der Waals surface area contributed by atoms with E-state index >= 15 is 0 Å². The zero-order chi connectivity index (χ0) is 17.7. The lowest BCUT2D eigenvalue weighted by Gasteiger charge is -2.30. The van der Waals surface area contributed by atoms with Gasteiger partial charge in [0.2, 0.25) is 5.91 Å². The van der Waals surface area contributed by atoms with Gasteiger partial charge in [-0.25, -0.2) is 0 Å². The van der Waals surface area contributed by atoms with E-state index < -0.39 is 12.4 Å². The number of amides is 1. The fourth-order valence-corrected chi connectivity index (χ4v) is 2.72. The van der Waals surface area contributed by atoms with Gasteiger partial charge in [0, 0.05) is 32.4 Å². The molecule has 1 amide bonds. The third-order valence-corrected chi connectivity index (χ3v) is 4.04. The zero-order valence-corrected chi connectivity index (χ0v) is 13.4. The summed E-state index contributed by atoms with van der Waals surface area (Å²) in [6.45, 7) is 1.12. The van der Waals surface area contributed by atoms with E-state index in [1.807, 2.05) is 0 Å². The zero-order valence-electron chi connectivity index (χ0n) is 13.4. The van der Waals surface area contributed by atoms with E-state index in [1.165, 1.54) is 30.1 Å². The van der Waals surface area contributed by atoms with Crippen LogP contribution in [0.25, 0.3) is 0 Å². The lowest BCUT2D eigenvalue weighted by atomic mass is 9.91. The Morgan fingerprint density at radius 2 is 2.00 bits per heavy atom. The smallest absolute Gasteiger partial charge is 0.405 e. The van der Waals surface area contributed by atoms with Gasteiger partial charge in [0.1, 0.15) is 5.75 Å². The standard InChI is InChI=1S/C16H21F3N2O3/c1-21(15(22)14(20)11-6-8-23-9-7-11)10-12-4-2-3-5-13(12)24-16(17,18)19/h2-5,11,14H,6-10,20H2,1H3. The molecule has 8 heteroatoms. The average Bonchev–Trinajstić information content (AvgIpc) is 2.54. The first-order valence-electron chi connectivity index (χ1n) is 7.70. The van der Waals surface area contributed by atoms with Crippen LogP contribution in [0.3, 0.4) is 0 Å². The molecule has 1 heterocycles. The first kappa shape index (κ1) is 18.5. The van der Waals surface area contributed by atoms with Crippen molar-refractivity contribution >= 4 is 5.91 Å². The molecule has 1 unspecified atom stereocenters. The summed E-state index contributed by atoms with van der Waals surface area (Å²) in [5.41, 5.74) is 6.30. The minimum atomic E-state index is -4.78. The van der Waals surface area contributed by atoms with E-state index in [9.17, 15) is 18.0 Å². The van der Waals surface area contributed by atoms with Gasteiger partial charge in [-0.15, -0.1) is 13.2 Å². The number of hydrogen-bond acceptors (Lipinski definition) is 4. The highest BCUT2D eigenvalue weighted by molar-refractivity contribution is 5.81. The summed E-state index contributed by atoms with van der Waals surface area (Å²) in [7, 11) is 1.52. The molecule has 1 aliphatic heterocycles. The van der Waals surface area contributed by atoms with Gasteiger partial charge in [-0.1, -0.05) is 18.2 Å². The van der Waals surface area contributed by atoms with Gasteiger partial charge >= 0.3 is 6.36 Å². The number of likely N-dealkylation sites (N-methyl/N-ethyl adjacent to an activating group) is 1. The Balaban J connectivity index is 2.03. The van der Waals surface area contributed by atoms with Crippen molar-refractivity contribution in [2.24, 2.45) is 11.7 Å². The largest absolute Gasteiger partial charge is 0.573 e. The fraction of sp³-hybridized carbons (Fsp3) is 0.562. The second-order valence-electron chi connectivity index (χ2n) is 5.83. The van der Waals surface area contributed by atoms with Gasteiger partial charge in [-0.05, 0) is 24.8 Å². The van der Waals surface area contributed by atoms with E-state index in [4.69, 9.17) is 10.5 Å². The Morgan fingerprint density at radius 1 is 1.38 bits per heavy atom. The molecule has 1 aromatic rings. The molecule has 2 N–H and O–H groups in total. The molecule has 0 aromatic heterocycles. The first-order valence-corrected chi connectivity index (χ1v) is 7.70. The van der Waals surface area contributed by atoms with Gasteiger partial charge in [-0.2, -0.15) is 0 Å². The number of para-hydroxylation sites is 1. The second kappa shape index (κ2) is 7.85. The predicted molar refractivity (Wildman–Crippen MR) is 81.1 cm³/mol. The van der Waals surface area contributed by atoms with Crippen molar-refractivity contribution in [1.29, 1.82) is 0 Å². The quantitative estimate of drug-likeness (QED) is 0.889. The molecule has 0 bridgehead atoms. The van der Waals surface area contributed by atoms with Crippen LogP contribution in [0.4, 0.5) is 13.2 Å². The fourth-order valence-electron chi connectivity index (χ4n) is 2.72. The average molecular weight is 346 g/mol. The van der Waals surface area contributed by atoms with Gasteiger partial charge in [0.15, 0.2) is 0 Å². The highest BCUT2D eigenvalue weighted by Gasteiger charge is 2.33. The molecular weight excluding hydrogens is 325 g/mol. The second-order valence-corrected chi connectivity index (χ2v) is 5.83. The van der Waals surface area contributed by atoms with Crippen LogP contribution < -0.4 is 10.5 Å². The summed E-state index contributed by atoms with van der Waals surface area (Å²) < 4.78 is 46.6. The summed E-state index contributed by atoms with van der Waals surface area (Å²) >= 11 is 0. The third-order valence-electron chi connectivity index (χ3n) is 4.04. The van der Waals surface area contributed by atoms with Crippen molar-refractivity contribution < 1.29 is 27.4 Å². The molecule has 0 saturated carbocycles. The molecule has 134 valence electrons. The Bertz CT molecular complexity index is 560. The monoisotopic (exact) mass is 346 g/mol. The van der Waals surface area contributed by atoms with Crippen LogP contribution in [0, 0.1) is 5.92 Å². The number of rotatable bonds is 5. The molecule has 5 nitrogen and oxygen atoms in total. The molecule has 1 atom stereocenters. The van der Waals surface area contributed by atoms with E-state index in [0.29, 0.717) is 26.1 Å². The van der Waals surface area contributed by atoms with Crippen molar-refractivity contribution in [2.75, 3.05) is 20.3 Å². The normalized spacial score (nSPS) is 17.4. The van der Waals surface area contributed by atoms with Crippen LogP contribution in [0.2, 0.25) is 0 Å². The maximum atomic E-state index is 12.5. The Labute approximate surface area is 138 Å². The van der Waals surface area contributed by atoms with Crippen LogP contribution in [0.5, 0.6) is 5.75 Å². The number of halogens is 3. The van der Waals surface area contributed by atoms with E-state index in [2.05, 4.69) is 4.74 Å². The van der Waals surface area contributed by atoms with Gasteiger partial charge in [0.25, 0.3) is 0 Å². The minimum absolute atomic E-state index is 0.0119. The molecular formula is C16H21F3N2O3. The highest BCUT2D eigenvalue weighted by atomic mass is 19.4. The maximum Gasteiger partial charge on any atom is 0.573 e. The van der Waals surface area contributed by atoms with Crippen molar-refractivity contribution in [3.63, 3.8) is 0 Å². The molecule has 0 radical (unpaired) electrons. The van der Waals surface area contributed by atoms with Crippen LogP contribution in [-0.2, 0) is 16.1 Å². The number of benzene rings is 1. The lowest BCUT2D eigenvalue weighted by molar-refractivity contribution is -0.275. The molecule has 1 saturated heterocycles. The van der Waals surface area contributed by atoms with E-state index in [0.717, 1.165) is 0 Å². The maximum absolute atomic E-state index is 12.5. The molecule has 1 aliphatic rings. The number of carbonyl (C=O) groups is 1. The van der Waals surface area contributed by atoms with Gasteiger partial charge in [0.05, 0.1) is 6.04 Å². The van der Waals surface area contributed by atoms with Crippen LogP contribution in [-0.4, -0.2) is 43.5 Å². The van der Waals surface area contributed by atoms with Crippen molar-refractivity contribution in [3.8, 4) is 5.75 Å². The number of hydrogen-bond donors (Lipinski definition) is 1. The molecule has 0 aliphatic carbocycles. The summed E-state index contributed by atoms with van der Waals surface area (Å²) in [6.07, 6.45) is -3.37. The van der Waals surface area contributed by atoms with Crippen LogP contribution >= 0.6 is 0 Å². The highest BCUT2D eigenvalue weighted by Crippen LogP contribution is 2.27. The lowest BCUT2D eigenvalue weighted by Crippen LogP contribution is -2.47. The number of ether oxygens (including phenoxy) is 2. The topological polar surface area (TPSA) is 64.8 Å². The summed E-state index contributed by atoms with van der Waals surface area (Å²) in [5.74, 6) is -0.594. The summed E-state index contributed by atoms with van der Waals surface area (Å²) in [6, 6.07) is 5.06. The van der Waals surface area contributed by atoms with Crippen LogP contribution in [0.1, 0.15) is 18.4 Å². The van der Waals surface area contributed by atoms with Crippen LogP contribution in [0.15, 0.2) is 24.3 Å². The SMILES string of the molecule is CN(Cc1ccccc1OC(F)(F)F)C(=O)C(N)C1CCOCC1. The number of nitrogens with zero attached hydrogens (tertiary/aromatic N) is 1. The Kier molecular flexibility index (Phi) is 6.06. The predicted octanol–water partition coefficient (Wildman–Crippen LogP) is 2.30. The molecule has 24 heavy (non-hydrogen) atoms. The first-order chi connectivity index (χ1) is 11.3.